The van der Waals surface area contributed by atoms with E-state index in [9.17, 15) is 9.18 Å². The molecule has 0 aromatic carbocycles. The summed E-state index contributed by atoms with van der Waals surface area (Å²) >= 11 is 0. The third-order valence-corrected chi connectivity index (χ3v) is 1.54. The molecule has 0 aliphatic heterocycles. The molecule has 0 saturated carbocycles. The predicted octanol–water partition coefficient (Wildman–Crippen LogP) is 1.73. The van der Waals surface area contributed by atoms with E-state index >= 15 is 0 Å². The minimum atomic E-state index is -1.10. The van der Waals surface area contributed by atoms with Gasteiger partial charge < -0.3 is 5.11 Å². The minimum absolute atomic E-state index is 0.233. The number of aromatic nitrogens is 1. The topological polar surface area (TPSA) is 53.4 Å². The van der Waals surface area contributed by atoms with Crippen molar-refractivity contribution in [2.45, 2.75) is 6.92 Å². The van der Waals surface area contributed by atoms with E-state index in [4.69, 9.17) is 5.11 Å². The van der Waals surface area contributed by atoms with Crippen LogP contribution in [0.4, 0.5) is 15.0 Å². The van der Waals surface area contributed by atoms with Gasteiger partial charge in [0.2, 0.25) is 0 Å². The Morgan fingerprint density at radius 2 is 2.38 bits per heavy atom. The van der Waals surface area contributed by atoms with Gasteiger partial charge in [0.25, 0.3) is 0 Å². The van der Waals surface area contributed by atoms with Crippen LogP contribution in [-0.4, -0.2) is 22.7 Å². The summed E-state index contributed by atoms with van der Waals surface area (Å²) in [6, 6.07) is 2.50. The number of amides is 1. The Hall–Kier alpha value is -1.65. The molecular weight excluding hydrogens is 175 g/mol. The molecule has 0 unspecified atom stereocenters. The van der Waals surface area contributed by atoms with Crippen LogP contribution < -0.4 is 4.90 Å². The van der Waals surface area contributed by atoms with Crippen LogP contribution in [0.1, 0.15) is 6.92 Å². The molecule has 4 nitrogen and oxygen atoms in total. The Labute approximate surface area is 74.6 Å². The minimum Gasteiger partial charge on any atom is -0.465 e. The summed E-state index contributed by atoms with van der Waals surface area (Å²) in [5.74, 6) is -0.249. The summed E-state index contributed by atoms with van der Waals surface area (Å²) in [4.78, 5) is 15.3. The van der Waals surface area contributed by atoms with Gasteiger partial charge in [-0.05, 0) is 19.1 Å². The van der Waals surface area contributed by atoms with Gasteiger partial charge in [0.1, 0.15) is 11.6 Å². The molecule has 0 aliphatic carbocycles. The maximum Gasteiger partial charge on any atom is 0.412 e. The molecule has 1 N–H and O–H groups in total. The van der Waals surface area contributed by atoms with Gasteiger partial charge in [-0.1, -0.05) is 0 Å². The van der Waals surface area contributed by atoms with E-state index in [1.165, 1.54) is 12.1 Å². The van der Waals surface area contributed by atoms with Gasteiger partial charge in [0.05, 0.1) is 6.20 Å². The van der Waals surface area contributed by atoms with Crippen molar-refractivity contribution >= 4 is 11.9 Å². The summed E-state index contributed by atoms with van der Waals surface area (Å²) in [5, 5.41) is 8.69. The van der Waals surface area contributed by atoms with Gasteiger partial charge in [-0.15, -0.1) is 0 Å². The smallest absolute Gasteiger partial charge is 0.412 e. The zero-order valence-electron chi connectivity index (χ0n) is 7.07. The third-order valence-electron chi connectivity index (χ3n) is 1.54. The van der Waals surface area contributed by atoms with Crippen molar-refractivity contribution in [2.75, 3.05) is 11.4 Å². The predicted molar refractivity (Wildman–Crippen MR) is 45.2 cm³/mol. The van der Waals surface area contributed by atoms with E-state index in [1.54, 1.807) is 6.92 Å². The number of anilines is 1. The van der Waals surface area contributed by atoms with Crippen LogP contribution in [-0.2, 0) is 0 Å². The van der Waals surface area contributed by atoms with Crippen molar-refractivity contribution in [2.24, 2.45) is 0 Å². The lowest BCUT2D eigenvalue weighted by Crippen LogP contribution is -2.29. The van der Waals surface area contributed by atoms with Crippen molar-refractivity contribution in [1.82, 2.24) is 4.98 Å². The number of pyridine rings is 1. The molecule has 70 valence electrons. The zero-order chi connectivity index (χ0) is 9.84. The van der Waals surface area contributed by atoms with E-state index in [2.05, 4.69) is 4.98 Å². The van der Waals surface area contributed by atoms with E-state index in [0.717, 1.165) is 11.1 Å². The van der Waals surface area contributed by atoms with Crippen LogP contribution in [0, 0.1) is 5.82 Å². The lowest BCUT2D eigenvalue weighted by Gasteiger charge is -2.14. The number of hydrogen-bond donors (Lipinski definition) is 1. The van der Waals surface area contributed by atoms with E-state index < -0.39 is 11.9 Å². The van der Waals surface area contributed by atoms with Gasteiger partial charge in [0.15, 0.2) is 0 Å². The Kier molecular flexibility index (Phi) is 2.79. The molecule has 5 heteroatoms. The highest BCUT2D eigenvalue weighted by molar-refractivity contribution is 5.84. The largest absolute Gasteiger partial charge is 0.465 e. The zero-order valence-corrected chi connectivity index (χ0v) is 7.07. The Bertz CT molecular complexity index is 300. The van der Waals surface area contributed by atoms with Crippen LogP contribution in [0.3, 0.4) is 0 Å². The van der Waals surface area contributed by atoms with Crippen molar-refractivity contribution in [3.05, 3.63) is 24.1 Å². The summed E-state index contributed by atoms with van der Waals surface area (Å²) in [7, 11) is 0. The van der Waals surface area contributed by atoms with Crippen molar-refractivity contribution in [3.63, 3.8) is 0 Å². The van der Waals surface area contributed by atoms with Crippen LogP contribution in [0.15, 0.2) is 18.3 Å². The summed E-state index contributed by atoms with van der Waals surface area (Å²) < 4.78 is 12.4. The SMILES string of the molecule is CCN(C(=O)O)c1ccc(F)cn1. The Morgan fingerprint density at radius 1 is 1.69 bits per heavy atom. The number of carbonyl (C=O) groups is 1. The standard InChI is InChI=1S/C8H9FN2O2/c1-2-11(8(12)13)7-4-3-6(9)5-10-7/h3-5H,2H2,1H3,(H,12,13). The first-order valence-corrected chi connectivity index (χ1v) is 3.77. The Balaban J connectivity index is 2.92. The van der Waals surface area contributed by atoms with Crippen LogP contribution in [0.2, 0.25) is 0 Å². The maximum atomic E-state index is 12.4. The normalized spacial score (nSPS) is 9.69. The van der Waals surface area contributed by atoms with Gasteiger partial charge in [-0.3, -0.25) is 4.90 Å². The van der Waals surface area contributed by atoms with Crippen molar-refractivity contribution < 1.29 is 14.3 Å². The number of nitrogens with zero attached hydrogens (tertiary/aromatic N) is 2. The summed E-state index contributed by atoms with van der Waals surface area (Å²) in [5.41, 5.74) is 0. The molecule has 0 fully saturated rings. The van der Waals surface area contributed by atoms with Gasteiger partial charge in [-0.25, -0.2) is 14.2 Å². The number of rotatable bonds is 2. The second kappa shape index (κ2) is 3.84. The highest BCUT2D eigenvalue weighted by Gasteiger charge is 2.12. The highest BCUT2D eigenvalue weighted by Crippen LogP contribution is 2.10. The third kappa shape index (κ3) is 2.14. The average Bonchev–Trinajstić information content (AvgIpc) is 2.09. The molecule has 1 aromatic rings. The van der Waals surface area contributed by atoms with E-state index in [0.29, 0.717) is 0 Å². The van der Waals surface area contributed by atoms with Crippen molar-refractivity contribution in [1.29, 1.82) is 0 Å². The molecule has 0 aliphatic rings. The number of hydrogen-bond acceptors (Lipinski definition) is 2. The molecule has 13 heavy (non-hydrogen) atoms. The number of carboxylic acid groups (broad SMARTS) is 1. The maximum absolute atomic E-state index is 12.4. The molecule has 1 amide bonds. The van der Waals surface area contributed by atoms with Crippen LogP contribution >= 0.6 is 0 Å². The summed E-state index contributed by atoms with van der Waals surface area (Å²) in [6.07, 6.45) is -0.109. The molecule has 0 radical (unpaired) electrons. The molecule has 0 atom stereocenters. The van der Waals surface area contributed by atoms with E-state index in [-0.39, 0.29) is 12.4 Å². The van der Waals surface area contributed by atoms with Gasteiger partial charge in [-0.2, -0.15) is 0 Å². The lowest BCUT2D eigenvalue weighted by atomic mass is 10.4. The van der Waals surface area contributed by atoms with E-state index in [1.807, 2.05) is 0 Å². The second-order valence-corrected chi connectivity index (χ2v) is 2.36. The first-order chi connectivity index (χ1) is 6.15. The Morgan fingerprint density at radius 3 is 2.77 bits per heavy atom. The molecule has 1 aromatic heterocycles. The average molecular weight is 184 g/mol. The molecule has 0 spiro atoms. The lowest BCUT2D eigenvalue weighted by molar-refractivity contribution is 0.202. The van der Waals surface area contributed by atoms with Gasteiger partial charge >= 0.3 is 6.09 Å². The summed E-state index contributed by atoms with van der Waals surface area (Å²) in [6.45, 7) is 1.97. The van der Waals surface area contributed by atoms with Crippen LogP contribution in [0.5, 0.6) is 0 Å². The highest BCUT2D eigenvalue weighted by atomic mass is 19.1. The first-order valence-electron chi connectivity index (χ1n) is 3.77. The monoisotopic (exact) mass is 184 g/mol. The molecule has 1 heterocycles. The molecular formula is C8H9FN2O2. The van der Waals surface area contributed by atoms with Crippen LogP contribution in [0.25, 0.3) is 0 Å². The van der Waals surface area contributed by atoms with Gasteiger partial charge in [0, 0.05) is 6.54 Å². The van der Waals surface area contributed by atoms with Crippen molar-refractivity contribution in [3.8, 4) is 0 Å². The molecule has 1 rings (SSSR count). The quantitative estimate of drug-likeness (QED) is 0.761. The fourth-order valence-corrected chi connectivity index (χ4v) is 0.923. The second-order valence-electron chi connectivity index (χ2n) is 2.36. The first kappa shape index (κ1) is 9.44. The fraction of sp³-hybridized carbons (Fsp3) is 0.250. The molecule has 0 bridgehead atoms. The molecule has 0 saturated heterocycles. The number of halogens is 1. The fourth-order valence-electron chi connectivity index (χ4n) is 0.923.